The third-order valence-corrected chi connectivity index (χ3v) is 11.7. The van der Waals surface area contributed by atoms with Crippen LogP contribution in [-0.4, -0.2) is 40.9 Å². The second kappa shape index (κ2) is 12.1. The second-order valence-corrected chi connectivity index (χ2v) is 14.8. The van der Waals surface area contributed by atoms with Crippen LogP contribution >= 0.6 is 0 Å². The molecule has 0 unspecified atom stereocenters. The van der Waals surface area contributed by atoms with E-state index in [2.05, 4.69) is 30.3 Å². The average molecular weight is 775 g/mol. The van der Waals surface area contributed by atoms with Gasteiger partial charge in [-0.2, -0.15) is 0 Å². The van der Waals surface area contributed by atoms with E-state index >= 15 is 0 Å². The lowest BCUT2D eigenvalue weighted by atomic mass is 9.83. The van der Waals surface area contributed by atoms with Crippen molar-refractivity contribution in [3.05, 3.63) is 133 Å². The molecule has 10 aromatic carbocycles. The number of hydrogen-bond donors (Lipinski definition) is 8. The Morgan fingerprint density at radius 3 is 1.39 bits per heavy atom. The highest BCUT2D eigenvalue weighted by molar-refractivity contribution is 6.29. The maximum atomic E-state index is 11.8. The van der Waals surface area contributed by atoms with E-state index in [9.17, 15) is 40.9 Å². The minimum Gasteiger partial charge on any atom is -0.504 e. The molecule has 0 aliphatic carbocycles. The molecule has 59 heavy (non-hydrogen) atoms. The first-order valence-electron chi connectivity index (χ1n) is 18.7. The van der Waals surface area contributed by atoms with Gasteiger partial charge in [0.2, 0.25) is 23.0 Å². The summed E-state index contributed by atoms with van der Waals surface area (Å²) in [7, 11) is 0. The zero-order valence-corrected chi connectivity index (χ0v) is 30.7. The van der Waals surface area contributed by atoms with Crippen LogP contribution < -0.4 is 0 Å². The Hall–Kier alpha value is -8.30. The van der Waals surface area contributed by atoms with Crippen molar-refractivity contribution in [2.24, 2.45) is 0 Å². The first-order valence-corrected chi connectivity index (χ1v) is 18.7. The summed E-state index contributed by atoms with van der Waals surface area (Å²) in [5, 5.41) is 97.8. The summed E-state index contributed by atoms with van der Waals surface area (Å²) in [5.41, 5.74) is 3.47. The average Bonchev–Trinajstić information content (AvgIpc) is 3.66. The van der Waals surface area contributed by atoms with E-state index in [0.29, 0.717) is 27.7 Å². The molecule has 11 aromatic rings. The fourth-order valence-electron chi connectivity index (χ4n) is 8.97. The maximum absolute atomic E-state index is 11.8. The number of aromatic hydroxyl groups is 8. The zero-order valence-electron chi connectivity index (χ0n) is 30.7. The van der Waals surface area contributed by atoms with Crippen molar-refractivity contribution in [2.45, 2.75) is 0 Å². The van der Waals surface area contributed by atoms with E-state index in [1.807, 2.05) is 72.8 Å². The van der Waals surface area contributed by atoms with Gasteiger partial charge in [0, 0.05) is 48.8 Å². The lowest BCUT2D eigenvalue weighted by molar-refractivity contribution is 0.350. The second-order valence-electron chi connectivity index (χ2n) is 14.8. The van der Waals surface area contributed by atoms with Gasteiger partial charge in [0.05, 0.1) is 0 Å². The van der Waals surface area contributed by atoms with Gasteiger partial charge in [0.25, 0.3) is 0 Å². The van der Waals surface area contributed by atoms with Gasteiger partial charge in [-0.25, -0.2) is 0 Å². The molecule has 0 bridgehead atoms. The predicted octanol–water partition coefficient (Wildman–Crippen LogP) is 12.0. The van der Waals surface area contributed by atoms with Crippen molar-refractivity contribution >= 4 is 75.8 Å². The van der Waals surface area contributed by atoms with Gasteiger partial charge in [-0.3, -0.25) is 0 Å². The lowest BCUT2D eigenvalue weighted by Crippen LogP contribution is -1.95. The summed E-state index contributed by atoms with van der Waals surface area (Å²) in [4.78, 5) is 0. The number of rotatable bonds is 3. The molecule has 11 rings (SSSR count). The topological polar surface area (TPSA) is 175 Å². The highest BCUT2D eigenvalue weighted by atomic mass is 16.4. The SMILES string of the molecule is Oc1c(O)c(O)c2c(-c3ccc4oc5c6ccccc6ccc5c4c3)c3c(O)c(O)c(O)c(O)c3c(-c3ccc(-c4cccc5c4ccc4ccccc45)cc3)c2c1O. The molecule has 0 spiro atoms. The van der Waals surface area contributed by atoms with Crippen LogP contribution in [0, 0.1) is 0 Å². The highest BCUT2D eigenvalue weighted by Gasteiger charge is 2.32. The Kier molecular flexibility index (Phi) is 6.97. The molecule has 0 saturated heterocycles. The summed E-state index contributed by atoms with van der Waals surface area (Å²) in [5.74, 6) is -7.50. The Morgan fingerprint density at radius 1 is 0.305 bits per heavy atom. The van der Waals surface area contributed by atoms with Crippen LogP contribution in [0.25, 0.3) is 109 Å². The molecule has 9 heteroatoms. The van der Waals surface area contributed by atoms with E-state index < -0.39 is 46.0 Å². The highest BCUT2D eigenvalue weighted by Crippen LogP contribution is 2.62. The Morgan fingerprint density at radius 2 is 0.780 bits per heavy atom. The zero-order chi connectivity index (χ0) is 40.4. The molecular weight excluding hydrogens is 745 g/mol. The molecule has 0 aliphatic heterocycles. The predicted molar refractivity (Wildman–Crippen MR) is 231 cm³/mol. The molecule has 284 valence electrons. The first-order chi connectivity index (χ1) is 28.6. The minimum atomic E-state index is -1.03. The lowest BCUT2D eigenvalue weighted by Gasteiger charge is -2.22. The maximum Gasteiger partial charge on any atom is 0.204 e. The van der Waals surface area contributed by atoms with Crippen molar-refractivity contribution < 1.29 is 45.3 Å². The van der Waals surface area contributed by atoms with Gasteiger partial charge in [-0.15, -0.1) is 0 Å². The Balaban J connectivity index is 1.22. The number of benzene rings is 10. The van der Waals surface area contributed by atoms with Crippen LogP contribution in [0.2, 0.25) is 0 Å². The molecule has 0 aliphatic rings. The van der Waals surface area contributed by atoms with E-state index in [1.165, 1.54) is 0 Å². The largest absolute Gasteiger partial charge is 0.504 e. The van der Waals surface area contributed by atoms with Crippen LogP contribution in [0.5, 0.6) is 46.0 Å². The molecule has 0 fully saturated rings. The van der Waals surface area contributed by atoms with Crippen molar-refractivity contribution in [1.29, 1.82) is 0 Å². The van der Waals surface area contributed by atoms with Gasteiger partial charge in [0.15, 0.2) is 23.0 Å². The van der Waals surface area contributed by atoms with Crippen LogP contribution in [0.3, 0.4) is 0 Å². The standard InChI is InChI=1S/C50H30O9/c51-42-38-36(26-14-12-25(13-15-26)29-10-5-11-31-28-8-3-1-6-23(28)16-19-32(29)31)39-41(45(54)49(58)47(56)43(39)52)37(40(38)44(53)48(57)46(42)55)27-18-21-35-34(22-27)33-20-17-24-7-2-4-9-30(24)50(33)59-35/h1-22,51-58H. The number of phenols is 8. The number of hydrogen-bond acceptors (Lipinski definition) is 9. The summed E-state index contributed by atoms with van der Waals surface area (Å²) in [6.07, 6.45) is 0. The third-order valence-electron chi connectivity index (χ3n) is 11.7. The third kappa shape index (κ3) is 4.61. The van der Waals surface area contributed by atoms with Crippen LogP contribution in [0.15, 0.2) is 138 Å². The summed E-state index contributed by atoms with van der Waals surface area (Å²) in [6, 6.07) is 42.1. The molecule has 9 nitrogen and oxygen atoms in total. The fraction of sp³-hybridized carbons (Fsp3) is 0. The first kappa shape index (κ1) is 34.0. The number of phenolic OH excluding ortho intramolecular Hbond substituents is 8. The summed E-state index contributed by atoms with van der Waals surface area (Å²) in [6.45, 7) is 0. The molecule has 0 saturated carbocycles. The Bertz CT molecular complexity index is 3560. The quantitative estimate of drug-likeness (QED) is 0.0376. The van der Waals surface area contributed by atoms with Gasteiger partial charge >= 0.3 is 0 Å². The van der Waals surface area contributed by atoms with E-state index in [-0.39, 0.29) is 32.7 Å². The van der Waals surface area contributed by atoms with Gasteiger partial charge in [-0.05, 0) is 67.4 Å². The van der Waals surface area contributed by atoms with Crippen LogP contribution in [-0.2, 0) is 0 Å². The molecule has 8 N–H and O–H groups in total. The normalized spacial score (nSPS) is 11.9. The minimum absolute atomic E-state index is 0.0262. The molecule has 0 radical (unpaired) electrons. The number of furan rings is 1. The van der Waals surface area contributed by atoms with E-state index in [1.54, 1.807) is 30.3 Å². The molecule has 1 aromatic heterocycles. The molecule has 1 heterocycles. The van der Waals surface area contributed by atoms with Gasteiger partial charge in [-0.1, -0.05) is 115 Å². The smallest absolute Gasteiger partial charge is 0.204 e. The van der Waals surface area contributed by atoms with E-state index in [4.69, 9.17) is 4.42 Å². The van der Waals surface area contributed by atoms with Crippen molar-refractivity contribution in [2.75, 3.05) is 0 Å². The molecule has 0 atom stereocenters. The van der Waals surface area contributed by atoms with E-state index in [0.717, 1.165) is 48.8 Å². The van der Waals surface area contributed by atoms with Crippen LogP contribution in [0.1, 0.15) is 0 Å². The van der Waals surface area contributed by atoms with Crippen molar-refractivity contribution in [1.82, 2.24) is 0 Å². The molecule has 0 amide bonds. The Labute approximate surface area is 333 Å². The molecular formula is C50H30O9. The van der Waals surface area contributed by atoms with Gasteiger partial charge in [0.1, 0.15) is 11.2 Å². The van der Waals surface area contributed by atoms with Crippen molar-refractivity contribution in [3.63, 3.8) is 0 Å². The van der Waals surface area contributed by atoms with Gasteiger partial charge < -0.3 is 45.3 Å². The number of fused-ring (bicyclic) bond motifs is 10. The fourth-order valence-corrected chi connectivity index (χ4v) is 8.97. The summed E-state index contributed by atoms with van der Waals surface area (Å²) >= 11 is 0. The monoisotopic (exact) mass is 774 g/mol. The van der Waals surface area contributed by atoms with Crippen LogP contribution in [0.4, 0.5) is 0 Å². The summed E-state index contributed by atoms with van der Waals surface area (Å²) < 4.78 is 6.32. The van der Waals surface area contributed by atoms with Crippen molar-refractivity contribution in [3.8, 4) is 79.4 Å².